The molecule has 6 heteroatoms. The van der Waals surface area contributed by atoms with Crippen molar-refractivity contribution < 1.29 is 4.79 Å². The molecule has 1 unspecified atom stereocenters. The fourth-order valence-corrected chi connectivity index (χ4v) is 4.48. The smallest absolute Gasteiger partial charge is 0.225 e. The third kappa shape index (κ3) is 2.77. The van der Waals surface area contributed by atoms with Crippen LogP contribution in [0.5, 0.6) is 0 Å². The molecule has 6 nitrogen and oxygen atoms in total. The summed E-state index contributed by atoms with van der Waals surface area (Å²) in [6, 6.07) is 0.397. The van der Waals surface area contributed by atoms with Crippen molar-refractivity contribution in [3.8, 4) is 0 Å². The number of carbonyl (C=O) groups excluding carboxylic acids is 1. The topological polar surface area (TPSA) is 54.3 Å². The molecule has 0 spiro atoms. The van der Waals surface area contributed by atoms with Gasteiger partial charge in [0.2, 0.25) is 5.91 Å². The summed E-state index contributed by atoms with van der Waals surface area (Å²) in [7, 11) is 2.17. The van der Waals surface area contributed by atoms with Crippen molar-refractivity contribution in [2.24, 2.45) is 5.92 Å². The van der Waals surface area contributed by atoms with Crippen molar-refractivity contribution in [2.45, 2.75) is 57.5 Å². The van der Waals surface area contributed by atoms with Gasteiger partial charge in [-0.15, -0.1) is 10.2 Å². The Morgan fingerprint density at radius 2 is 1.83 bits per heavy atom. The molecule has 23 heavy (non-hydrogen) atoms. The van der Waals surface area contributed by atoms with E-state index in [9.17, 15) is 4.79 Å². The Hall–Kier alpha value is -1.43. The zero-order valence-electron chi connectivity index (χ0n) is 14.1. The first kappa shape index (κ1) is 15.1. The van der Waals surface area contributed by atoms with E-state index in [2.05, 4.69) is 31.6 Å². The summed E-state index contributed by atoms with van der Waals surface area (Å²) in [6.07, 6.45) is 7.83. The fourth-order valence-electron chi connectivity index (χ4n) is 4.48. The van der Waals surface area contributed by atoms with Crippen LogP contribution < -0.4 is 0 Å². The van der Waals surface area contributed by atoms with E-state index in [0.29, 0.717) is 11.9 Å². The van der Waals surface area contributed by atoms with Gasteiger partial charge in [-0.3, -0.25) is 9.69 Å². The Balaban J connectivity index is 1.48. The summed E-state index contributed by atoms with van der Waals surface area (Å²) in [5.74, 6) is 2.82. The lowest BCUT2D eigenvalue weighted by Gasteiger charge is -2.24. The monoisotopic (exact) mass is 317 g/mol. The number of carbonyl (C=O) groups is 1. The molecule has 1 atom stereocenters. The highest BCUT2D eigenvalue weighted by Gasteiger charge is 2.32. The molecule has 3 aliphatic rings. The van der Waals surface area contributed by atoms with E-state index in [4.69, 9.17) is 0 Å². The number of amides is 1. The molecule has 126 valence electrons. The highest BCUT2D eigenvalue weighted by Crippen LogP contribution is 2.31. The molecule has 0 bridgehead atoms. The van der Waals surface area contributed by atoms with E-state index < -0.39 is 0 Å². The number of likely N-dealkylation sites (tertiary alicyclic amines) is 1. The minimum Gasteiger partial charge on any atom is -0.340 e. The first-order chi connectivity index (χ1) is 11.2. The van der Waals surface area contributed by atoms with Gasteiger partial charge in [0, 0.05) is 32.0 Å². The quantitative estimate of drug-likeness (QED) is 0.832. The van der Waals surface area contributed by atoms with Crippen LogP contribution >= 0.6 is 0 Å². The van der Waals surface area contributed by atoms with E-state index in [1.807, 2.05) is 0 Å². The molecule has 2 fully saturated rings. The van der Waals surface area contributed by atoms with Crippen LogP contribution in [0.3, 0.4) is 0 Å². The first-order valence-corrected chi connectivity index (χ1v) is 9.15. The van der Waals surface area contributed by atoms with Crippen molar-refractivity contribution in [1.82, 2.24) is 24.6 Å². The molecule has 0 radical (unpaired) electrons. The van der Waals surface area contributed by atoms with Crippen molar-refractivity contribution in [1.29, 1.82) is 0 Å². The molecule has 3 heterocycles. The van der Waals surface area contributed by atoms with Gasteiger partial charge in [0.15, 0.2) is 0 Å². The van der Waals surface area contributed by atoms with E-state index in [1.54, 1.807) is 0 Å². The Morgan fingerprint density at radius 1 is 1.00 bits per heavy atom. The molecule has 1 aromatic heterocycles. The lowest BCUT2D eigenvalue weighted by molar-refractivity contribution is -0.135. The van der Waals surface area contributed by atoms with Crippen LogP contribution in [-0.4, -0.2) is 57.2 Å². The molecule has 2 aliphatic heterocycles. The van der Waals surface area contributed by atoms with Crippen molar-refractivity contribution in [2.75, 3.05) is 26.7 Å². The standard InChI is InChI=1S/C17H27N5O/c1-20-9-4-7-14(20)16-19-18-15-8-10-21(11-12-22(15)16)17(23)13-5-2-3-6-13/h13-14H,2-12H2,1H3. The zero-order chi connectivity index (χ0) is 15.8. The van der Waals surface area contributed by atoms with Crippen LogP contribution in [0.1, 0.15) is 56.2 Å². The van der Waals surface area contributed by atoms with Crippen molar-refractivity contribution >= 4 is 5.91 Å². The molecule has 0 aromatic carbocycles. The zero-order valence-corrected chi connectivity index (χ0v) is 14.1. The first-order valence-electron chi connectivity index (χ1n) is 9.15. The Labute approximate surface area is 137 Å². The van der Waals surface area contributed by atoms with Crippen molar-refractivity contribution in [3.63, 3.8) is 0 Å². The van der Waals surface area contributed by atoms with Gasteiger partial charge in [-0.25, -0.2) is 0 Å². The minimum atomic E-state index is 0.277. The maximum atomic E-state index is 12.7. The molecule has 1 amide bonds. The molecular formula is C17H27N5O. The maximum absolute atomic E-state index is 12.7. The average Bonchev–Trinajstić information content (AvgIpc) is 3.26. The Bertz CT molecular complexity index is 578. The second-order valence-electron chi connectivity index (χ2n) is 7.32. The van der Waals surface area contributed by atoms with Gasteiger partial charge in [0.25, 0.3) is 0 Å². The molecule has 1 saturated heterocycles. The van der Waals surface area contributed by atoms with Gasteiger partial charge < -0.3 is 9.47 Å². The average molecular weight is 317 g/mol. The van der Waals surface area contributed by atoms with E-state index in [1.165, 1.54) is 25.7 Å². The third-order valence-electron chi connectivity index (χ3n) is 5.89. The highest BCUT2D eigenvalue weighted by atomic mass is 16.2. The van der Waals surface area contributed by atoms with Crippen LogP contribution in [0, 0.1) is 5.92 Å². The summed E-state index contributed by atoms with van der Waals surface area (Å²) in [4.78, 5) is 17.1. The summed E-state index contributed by atoms with van der Waals surface area (Å²) in [6.45, 7) is 3.59. The minimum absolute atomic E-state index is 0.277. The second-order valence-corrected chi connectivity index (χ2v) is 7.32. The van der Waals surface area contributed by atoms with Gasteiger partial charge in [-0.05, 0) is 39.3 Å². The highest BCUT2D eigenvalue weighted by molar-refractivity contribution is 5.79. The van der Waals surface area contributed by atoms with Crippen LogP contribution in [0.2, 0.25) is 0 Å². The normalized spacial score (nSPS) is 26.5. The van der Waals surface area contributed by atoms with Crippen molar-refractivity contribution in [3.05, 3.63) is 11.6 Å². The van der Waals surface area contributed by atoms with Gasteiger partial charge in [0.1, 0.15) is 11.6 Å². The molecule has 1 aliphatic carbocycles. The molecule has 0 N–H and O–H groups in total. The lowest BCUT2D eigenvalue weighted by Crippen LogP contribution is -2.37. The molecule has 1 saturated carbocycles. The van der Waals surface area contributed by atoms with Crippen LogP contribution in [-0.2, 0) is 17.8 Å². The number of hydrogen-bond acceptors (Lipinski definition) is 4. The maximum Gasteiger partial charge on any atom is 0.225 e. The Kier molecular flexibility index (Phi) is 4.09. The second kappa shape index (κ2) is 6.23. The van der Waals surface area contributed by atoms with Crippen LogP contribution in [0.25, 0.3) is 0 Å². The van der Waals surface area contributed by atoms with Gasteiger partial charge in [-0.2, -0.15) is 0 Å². The number of rotatable bonds is 2. The summed E-state index contributed by atoms with van der Waals surface area (Å²) < 4.78 is 2.29. The van der Waals surface area contributed by atoms with E-state index in [0.717, 1.165) is 57.1 Å². The van der Waals surface area contributed by atoms with Gasteiger partial charge in [0.05, 0.1) is 6.04 Å². The van der Waals surface area contributed by atoms with Crippen LogP contribution in [0.15, 0.2) is 0 Å². The summed E-state index contributed by atoms with van der Waals surface area (Å²) in [5, 5.41) is 8.92. The Morgan fingerprint density at radius 3 is 2.57 bits per heavy atom. The predicted octanol–water partition coefficient (Wildman–Crippen LogP) is 1.62. The fraction of sp³-hybridized carbons (Fsp3) is 0.824. The van der Waals surface area contributed by atoms with Crippen LogP contribution in [0.4, 0.5) is 0 Å². The molecule has 1 aromatic rings. The number of nitrogens with zero attached hydrogens (tertiary/aromatic N) is 5. The number of fused-ring (bicyclic) bond motifs is 1. The number of hydrogen-bond donors (Lipinski definition) is 0. The SMILES string of the molecule is CN1CCCC1c1nnc2n1CCN(C(=O)C1CCCC1)CC2. The molecular weight excluding hydrogens is 290 g/mol. The van der Waals surface area contributed by atoms with Gasteiger partial charge >= 0.3 is 0 Å². The summed E-state index contributed by atoms with van der Waals surface area (Å²) >= 11 is 0. The predicted molar refractivity (Wildman–Crippen MR) is 86.9 cm³/mol. The van der Waals surface area contributed by atoms with E-state index in [-0.39, 0.29) is 5.92 Å². The number of aromatic nitrogens is 3. The van der Waals surface area contributed by atoms with Gasteiger partial charge in [-0.1, -0.05) is 12.8 Å². The van der Waals surface area contributed by atoms with E-state index >= 15 is 0 Å². The largest absolute Gasteiger partial charge is 0.340 e. The lowest BCUT2D eigenvalue weighted by atomic mass is 10.1. The summed E-state index contributed by atoms with van der Waals surface area (Å²) in [5.41, 5.74) is 0. The molecule has 4 rings (SSSR count). The third-order valence-corrected chi connectivity index (χ3v) is 5.89.